The number of carbonyl (C=O) groups excluding carboxylic acids is 1. The van der Waals surface area contributed by atoms with E-state index in [1.54, 1.807) is 27.3 Å². The van der Waals surface area contributed by atoms with Gasteiger partial charge in [0.05, 0.1) is 19.7 Å². The van der Waals surface area contributed by atoms with Gasteiger partial charge in [0.2, 0.25) is 0 Å². The number of aromatic nitrogens is 2. The summed E-state index contributed by atoms with van der Waals surface area (Å²) in [5, 5.41) is 1.06. The maximum absolute atomic E-state index is 10.7. The first kappa shape index (κ1) is 22.1. The van der Waals surface area contributed by atoms with E-state index in [0.717, 1.165) is 33.5 Å². The van der Waals surface area contributed by atoms with Crippen LogP contribution < -0.4 is 9.47 Å². The smallest absolute Gasteiger partial charge is 0.162 e. The normalized spacial score (nSPS) is 9.67. The van der Waals surface area contributed by atoms with Gasteiger partial charge >= 0.3 is 0 Å². The van der Waals surface area contributed by atoms with Gasteiger partial charge in [-0.3, -0.25) is 14.8 Å². The highest BCUT2D eigenvalue weighted by atomic mass is 16.5. The van der Waals surface area contributed by atoms with Crippen LogP contribution in [0.5, 0.6) is 11.5 Å². The van der Waals surface area contributed by atoms with Gasteiger partial charge in [0.25, 0.3) is 0 Å². The summed E-state index contributed by atoms with van der Waals surface area (Å²) in [4.78, 5) is 19.1. The molecule has 1 aromatic carbocycles. The molecule has 0 saturated heterocycles. The van der Waals surface area contributed by atoms with E-state index in [-0.39, 0.29) is 13.2 Å². The number of methoxy groups -OCH3 is 2. The van der Waals surface area contributed by atoms with E-state index < -0.39 is 0 Å². The van der Waals surface area contributed by atoms with Crippen LogP contribution in [0.25, 0.3) is 10.9 Å². The van der Waals surface area contributed by atoms with Crippen LogP contribution in [0.2, 0.25) is 0 Å². The Labute approximate surface area is 161 Å². The second-order valence-corrected chi connectivity index (χ2v) is 6.10. The quantitative estimate of drug-likeness (QED) is 0.667. The van der Waals surface area contributed by atoms with Crippen molar-refractivity contribution in [1.82, 2.24) is 9.97 Å². The molecule has 3 rings (SSSR count). The average Bonchev–Trinajstić information content (AvgIpc) is 2.62. The van der Waals surface area contributed by atoms with E-state index in [9.17, 15) is 4.79 Å². The van der Waals surface area contributed by atoms with Crippen LogP contribution in [0.15, 0.2) is 42.7 Å². The fourth-order valence-electron chi connectivity index (χ4n) is 2.46. The Hall–Kier alpha value is -2.95. The summed E-state index contributed by atoms with van der Waals surface area (Å²) in [6.07, 6.45) is 4.08. The molecule has 27 heavy (non-hydrogen) atoms. The van der Waals surface area contributed by atoms with E-state index in [1.807, 2.05) is 44.3 Å². The molecule has 0 aliphatic heterocycles. The lowest BCUT2D eigenvalue weighted by molar-refractivity contribution is -0.116. The minimum absolute atomic E-state index is 0. The number of ether oxygens (including phenoxy) is 2. The van der Waals surface area contributed by atoms with Crippen molar-refractivity contribution in [3.05, 3.63) is 59.5 Å². The molecule has 0 aliphatic rings. The number of nitrogens with zero attached hydrogens (tertiary/aromatic N) is 2. The molecule has 2 aromatic heterocycles. The molecule has 0 N–H and O–H groups in total. The highest BCUT2D eigenvalue weighted by molar-refractivity contribution is 5.83. The number of benzene rings is 1. The second-order valence-electron chi connectivity index (χ2n) is 6.10. The van der Waals surface area contributed by atoms with Gasteiger partial charge in [0, 0.05) is 36.0 Å². The number of Topliss-reactive ketones (excluding diaryl/α,β-unsaturated/α-hetero) is 1. The molecule has 0 atom stereocenters. The molecule has 0 amide bonds. The number of ketones is 1. The standard InChI is InChI=1S/C12H13NO2.C9H11NO.CH4/c1-8-4-9-5-11(14-2)12(15-3)6-10(9)13-7-8;1-7-3-4-9(6-10-7)5-8(2)11;/h4-7H,1-3H3;3-4,6H,5H2,1-2H3;1H4. The lowest BCUT2D eigenvalue weighted by Crippen LogP contribution is -1.96. The first-order chi connectivity index (χ1) is 12.4. The summed E-state index contributed by atoms with van der Waals surface area (Å²) in [6.45, 7) is 5.53. The predicted octanol–water partition coefficient (Wildman–Crippen LogP) is 4.72. The summed E-state index contributed by atoms with van der Waals surface area (Å²) in [6, 6.07) is 9.74. The third-order valence-corrected chi connectivity index (χ3v) is 3.75. The van der Waals surface area contributed by atoms with E-state index in [1.165, 1.54) is 0 Å². The monoisotopic (exact) mass is 368 g/mol. The van der Waals surface area contributed by atoms with Gasteiger partial charge in [-0.15, -0.1) is 0 Å². The van der Waals surface area contributed by atoms with E-state index in [4.69, 9.17) is 9.47 Å². The Morgan fingerprint density at radius 2 is 1.63 bits per heavy atom. The van der Waals surface area contributed by atoms with Gasteiger partial charge in [0.15, 0.2) is 11.5 Å². The lowest BCUT2D eigenvalue weighted by Gasteiger charge is -2.08. The van der Waals surface area contributed by atoms with Gasteiger partial charge in [-0.25, -0.2) is 0 Å². The van der Waals surface area contributed by atoms with Crippen LogP contribution >= 0.6 is 0 Å². The molecule has 5 nitrogen and oxygen atoms in total. The zero-order valence-electron chi connectivity index (χ0n) is 15.9. The van der Waals surface area contributed by atoms with E-state index in [2.05, 4.69) is 16.0 Å². The second kappa shape index (κ2) is 10.3. The van der Waals surface area contributed by atoms with Gasteiger partial charge < -0.3 is 9.47 Å². The lowest BCUT2D eigenvalue weighted by atomic mass is 10.1. The Bertz CT molecular complexity index is 890. The molecule has 2 heterocycles. The molecule has 0 spiro atoms. The highest BCUT2D eigenvalue weighted by Crippen LogP contribution is 2.31. The molecule has 0 unspecified atom stereocenters. The van der Waals surface area contributed by atoms with Crippen molar-refractivity contribution in [1.29, 1.82) is 0 Å². The van der Waals surface area contributed by atoms with Crippen molar-refractivity contribution in [2.24, 2.45) is 0 Å². The van der Waals surface area contributed by atoms with Crippen LogP contribution in [-0.4, -0.2) is 30.0 Å². The molecule has 0 bridgehead atoms. The predicted molar refractivity (Wildman–Crippen MR) is 110 cm³/mol. The largest absolute Gasteiger partial charge is 0.493 e. The van der Waals surface area contributed by atoms with Crippen LogP contribution in [0, 0.1) is 13.8 Å². The number of pyridine rings is 2. The van der Waals surface area contributed by atoms with E-state index in [0.29, 0.717) is 12.2 Å². The average molecular weight is 368 g/mol. The van der Waals surface area contributed by atoms with Crippen molar-refractivity contribution in [2.75, 3.05) is 14.2 Å². The summed E-state index contributed by atoms with van der Waals surface area (Å²) >= 11 is 0. The number of rotatable bonds is 4. The minimum atomic E-state index is 0. The molecule has 0 aliphatic carbocycles. The molecule has 5 heteroatoms. The number of carbonyl (C=O) groups is 1. The van der Waals surface area contributed by atoms with Gasteiger partial charge in [-0.05, 0) is 50.1 Å². The molecular weight excluding hydrogens is 340 g/mol. The maximum Gasteiger partial charge on any atom is 0.162 e. The van der Waals surface area contributed by atoms with Gasteiger partial charge in [-0.2, -0.15) is 0 Å². The van der Waals surface area contributed by atoms with Crippen LogP contribution in [0.3, 0.4) is 0 Å². The molecule has 0 fully saturated rings. The Kier molecular flexibility index (Phi) is 8.39. The fourth-order valence-corrected chi connectivity index (χ4v) is 2.46. The van der Waals surface area contributed by atoms with Crippen molar-refractivity contribution >= 4 is 16.7 Å². The molecule has 0 saturated carbocycles. The van der Waals surface area contributed by atoms with Crippen molar-refractivity contribution < 1.29 is 14.3 Å². The van der Waals surface area contributed by atoms with Crippen LogP contribution in [-0.2, 0) is 11.2 Å². The summed E-state index contributed by atoms with van der Waals surface area (Å²) in [5.74, 6) is 1.62. The van der Waals surface area contributed by atoms with E-state index >= 15 is 0 Å². The number of aryl methyl sites for hydroxylation is 2. The van der Waals surface area contributed by atoms with Crippen molar-refractivity contribution in [3.8, 4) is 11.5 Å². The number of hydrogen-bond acceptors (Lipinski definition) is 5. The zero-order chi connectivity index (χ0) is 19.1. The third-order valence-electron chi connectivity index (χ3n) is 3.75. The Morgan fingerprint density at radius 3 is 2.19 bits per heavy atom. The molecule has 0 radical (unpaired) electrons. The maximum atomic E-state index is 10.7. The molecular formula is C22H28N2O3. The van der Waals surface area contributed by atoms with Crippen LogP contribution in [0.4, 0.5) is 0 Å². The van der Waals surface area contributed by atoms with Crippen molar-refractivity contribution in [3.63, 3.8) is 0 Å². The fraction of sp³-hybridized carbons (Fsp3) is 0.318. The van der Waals surface area contributed by atoms with Gasteiger partial charge in [0.1, 0.15) is 5.78 Å². The summed E-state index contributed by atoms with van der Waals surface area (Å²) in [5.41, 5.74) is 4.02. The van der Waals surface area contributed by atoms with Crippen LogP contribution in [0.1, 0.15) is 31.2 Å². The topological polar surface area (TPSA) is 61.3 Å². The number of hydrogen-bond donors (Lipinski definition) is 0. The third kappa shape index (κ3) is 6.37. The Balaban J connectivity index is 0.000000273. The van der Waals surface area contributed by atoms with Crippen molar-refractivity contribution in [2.45, 2.75) is 34.6 Å². The number of fused-ring (bicyclic) bond motifs is 1. The SMILES string of the molecule is C.CC(=O)Cc1ccc(C)nc1.COc1cc2cc(C)cnc2cc1OC. The van der Waals surface area contributed by atoms with Gasteiger partial charge in [-0.1, -0.05) is 13.5 Å². The Morgan fingerprint density at radius 1 is 0.963 bits per heavy atom. The summed E-state index contributed by atoms with van der Waals surface area (Å²) < 4.78 is 10.4. The highest BCUT2D eigenvalue weighted by Gasteiger charge is 2.06. The molecule has 3 aromatic rings. The minimum Gasteiger partial charge on any atom is -0.493 e. The summed E-state index contributed by atoms with van der Waals surface area (Å²) in [7, 11) is 3.25. The zero-order valence-corrected chi connectivity index (χ0v) is 15.9. The first-order valence-corrected chi connectivity index (χ1v) is 8.32. The molecule has 144 valence electrons. The first-order valence-electron chi connectivity index (χ1n) is 8.32.